The molecule has 0 saturated carbocycles. The minimum Gasteiger partial charge on any atom is -0.497 e. The van der Waals surface area contributed by atoms with Gasteiger partial charge in [0.25, 0.3) is 0 Å². The fourth-order valence-electron chi connectivity index (χ4n) is 4.06. The number of sulfonamides is 1. The second kappa shape index (κ2) is 13.5. The van der Waals surface area contributed by atoms with Gasteiger partial charge in [-0.3, -0.25) is 13.9 Å². The molecule has 37 heavy (non-hydrogen) atoms. The van der Waals surface area contributed by atoms with Gasteiger partial charge >= 0.3 is 0 Å². The highest BCUT2D eigenvalue weighted by atomic mass is 32.2. The van der Waals surface area contributed by atoms with Crippen LogP contribution in [0, 0.1) is 19.8 Å². The molecule has 0 aliphatic heterocycles. The summed E-state index contributed by atoms with van der Waals surface area (Å²) in [6.07, 6.45) is 1.59. The minimum atomic E-state index is -3.54. The van der Waals surface area contributed by atoms with Crippen LogP contribution in [0.15, 0.2) is 42.5 Å². The Kier molecular flexibility index (Phi) is 11.0. The molecule has 2 rings (SSSR count). The number of carbonyl (C=O) groups is 2. The van der Waals surface area contributed by atoms with Crippen LogP contribution in [0.3, 0.4) is 0 Å². The van der Waals surface area contributed by atoms with Gasteiger partial charge in [-0.1, -0.05) is 32.0 Å². The monoisotopic (exact) mass is 531 g/mol. The number of carbonyl (C=O) groups excluding carboxylic acids is 2. The van der Waals surface area contributed by atoms with E-state index in [0.717, 1.165) is 16.7 Å². The molecule has 0 heterocycles. The normalized spacial score (nSPS) is 12.2. The molecule has 204 valence electrons. The van der Waals surface area contributed by atoms with Crippen molar-refractivity contribution in [3.05, 3.63) is 59.2 Å². The van der Waals surface area contributed by atoms with Crippen molar-refractivity contribution in [2.75, 3.05) is 30.8 Å². The lowest BCUT2D eigenvalue weighted by Crippen LogP contribution is -2.48. The van der Waals surface area contributed by atoms with Gasteiger partial charge in [0.1, 0.15) is 11.8 Å². The van der Waals surface area contributed by atoms with Gasteiger partial charge in [0.05, 0.1) is 19.1 Å². The third kappa shape index (κ3) is 9.39. The Labute approximate surface area is 222 Å². The number of anilines is 1. The molecule has 1 atom stereocenters. The van der Waals surface area contributed by atoms with E-state index in [1.165, 1.54) is 10.6 Å². The predicted molar refractivity (Wildman–Crippen MR) is 148 cm³/mol. The highest BCUT2D eigenvalue weighted by molar-refractivity contribution is 7.92. The number of nitrogens with one attached hydrogen (secondary N) is 1. The number of methoxy groups -OCH3 is 1. The van der Waals surface area contributed by atoms with E-state index in [4.69, 9.17) is 4.74 Å². The summed E-state index contributed by atoms with van der Waals surface area (Å²) in [5.41, 5.74) is 3.38. The number of nitrogens with zero attached hydrogens (tertiary/aromatic N) is 2. The minimum absolute atomic E-state index is 0.106. The molecule has 2 aromatic carbocycles. The predicted octanol–water partition coefficient (Wildman–Crippen LogP) is 4.05. The van der Waals surface area contributed by atoms with E-state index in [0.29, 0.717) is 24.4 Å². The summed E-state index contributed by atoms with van der Waals surface area (Å²) in [7, 11) is -1.95. The molecule has 0 unspecified atom stereocenters. The Hall–Kier alpha value is -3.07. The van der Waals surface area contributed by atoms with Gasteiger partial charge in [-0.2, -0.15) is 0 Å². The van der Waals surface area contributed by atoms with Gasteiger partial charge in [0, 0.05) is 26.1 Å². The summed E-state index contributed by atoms with van der Waals surface area (Å²) < 4.78 is 31.7. The van der Waals surface area contributed by atoms with Gasteiger partial charge in [0.15, 0.2) is 0 Å². The van der Waals surface area contributed by atoms with Crippen molar-refractivity contribution >= 4 is 27.5 Å². The number of amides is 2. The van der Waals surface area contributed by atoms with Crippen LogP contribution in [0.2, 0.25) is 0 Å². The highest BCUT2D eigenvalue weighted by Gasteiger charge is 2.27. The smallest absolute Gasteiger partial charge is 0.242 e. The zero-order valence-electron chi connectivity index (χ0n) is 23.1. The van der Waals surface area contributed by atoms with Gasteiger partial charge in [-0.05, 0) is 74.1 Å². The van der Waals surface area contributed by atoms with E-state index < -0.39 is 16.1 Å². The summed E-state index contributed by atoms with van der Waals surface area (Å²) in [5.74, 6) is 0.561. The van der Waals surface area contributed by atoms with Crippen LogP contribution in [0.5, 0.6) is 5.75 Å². The number of rotatable bonds is 13. The van der Waals surface area contributed by atoms with Crippen molar-refractivity contribution in [1.82, 2.24) is 10.2 Å². The van der Waals surface area contributed by atoms with Crippen molar-refractivity contribution < 1.29 is 22.7 Å². The molecule has 2 amide bonds. The lowest BCUT2D eigenvalue weighted by Gasteiger charge is -2.30. The Morgan fingerprint density at radius 2 is 1.59 bits per heavy atom. The fraction of sp³-hybridized carbons (Fsp3) is 0.500. The molecule has 0 radical (unpaired) electrons. The van der Waals surface area contributed by atoms with E-state index in [9.17, 15) is 18.0 Å². The first kappa shape index (κ1) is 30.2. The number of hydrogen-bond donors (Lipinski definition) is 1. The largest absolute Gasteiger partial charge is 0.497 e. The van der Waals surface area contributed by atoms with Crippen LogP contribution in [0.25, 0.3) is 0 Å². The Morgan fingerprint density at radius 3 is 2.11 bits per heavy atom. The van der Waals surface area contributed by atoms with E-state index in [-0.39, 0.29) is 37.2 Å². The zero-order chi connectivity index (χ0) is 27.8. The Morgan fingerprint density at radius 1 is 1.00 bits per heavy atom. The molecule has 0 spiro atoms. The first-order valence-electron chi connectivity index (χ1n) is 12.6. The van der Waals surface area contributed by atoms with E-state index in [1.807, 2.05) is 70.2 Å². The second-order valence-electron chi connectivity index (χ2n) is 9.97. The molecule has 0 fully saturated rings. The molecule has 0 aliphatic rings. The topological polar surface area (TPSA) is 96.0 Å². The lowest BCUT2D eigenvalue weighted by molar-refractivity contribution is -0.140. The number of benzene rings is 2. The maximum absolute atomic E-state index is 13.4. The van der Waals surface area contributed by atoms with Gasteiger partial charge in [-0.25, -0.2) is 8.42 Å². The molecule has 0 bridgehead atoms. The third-order valence-corrected chi connectivity index (χ3v) is 7.20. The van der Waals surface area contributed by atoms with E-state index >= 15 is 0 Å². The third-order valence-electron chi connectivity index (χ3n) is 6.01. The van der Waals surface area contributed by atoms with Gasteiger partial charge < -0.3 is 15.0 Å². The standard InChI is InChI=1S/C28H41N3O5S/c1-20(2)18-29-28(33)23(5)30(19-24-10-12-26(36-6)13-11-24)27(32)9-8-14-31(37(7,34)35)25-16-21(3)15-22(4)17-25/h10-13,15-17,20,23H,8-9,14,18-19H2,1-7H3,(H,29,33)/t23-/m1/s1. The average Bonchev–Trinajstić information content (AvgIpc) is 2.82. The summed E-state index contributed by atoms with van der Waals surface area (Å²) in [6.45, 7) is 10.5. The molecular weight excluding hydrogens is 490 g/mol. The van der Waals surface area contributed by atoms with Crippen molar-refractivity contribution in [1.29, 1.82) is 0 Å². The molecule has 0 aromatic heterocycles. The van der Waals surface area contributed by atoms with Crippen LogP contribution in [0.1, 0.15) is 50.3 Å². The van der Waals surface area contributed by atoms with Crippen LogP contribution < -0.4 is 14.4 Å². The first-order chi connectivity index (χ1) is 17.3. The number of aryl methyl sites for hydroxylation is 2. The lowest BCUT2D eigenvalue weighted by atomic mass is 10.1. The molecule has 8 nitrogen and oxygen atoms in total. The number of hydrogen-bond acceptors (Lipinski definition) is 5. The van der Waals surface area contributed by atoms with Crippen molar-refractivity contribution in [3.63, 3.8) is 0 Å². The van der Waals surface area contributed by atoms with E-state index in [1.54, 1.807) is 18.9 Å². The van der Waals surface area contributed by atoms with E-state index in [2.05, 4.69) is 5.32 Å². The average molecular weight is 532 g/mol. The maximum atomic E-state index is 13.4. The summed E-state index contributed by atoms with van der Waals surface area (Å²) in [4.78, 5) is 27.8. The second-order valence-corrected chi connectivity index (χ2v) is 11.9. The van der Waals surface area contributed by atoms with Crippen LogP contribution >= 0.6 is 0 Å². The maximum Gasteiger partial charge on any atom is 0.242 e. The summed E-state index contributed by atoms with van der Waals surface area (Å²) in [6, 6.07) is 12.3. The summed E-state index contributed by atoms with van der Waals surface area (Å²) >= 11 is 0. The molecule has 2 aromatic rings. The van der Waals surface area contributed by atoms with Crippen LogP contribution in [-0.4, -0.2) is 57.6 Å². The molecule has 9 heteroatoms. The molecular formula is C28H41N3O5S. The number of ether oxygens (including phenoxy) is 1. The molecule has 0 aliphatic carbocycles. The quantitative estimate of drug-likeness (QED) is 0.421. The van der Waals surface area contributed by atoms with Crippen LogP contribution in [0.4, 0.5) is 5.69 Å². The van der Waals surface area contributed by atoms with Crippen molar-refractivity contribution in [2.24, 2.45) is 5.92 Å². The van der Waals surface area contributed by atoms with Crippen LogP contribution in [-0.2, 0) is 26.2 Å². The summed E-state index contributed by atoms with van der Waals surface area (Å²) in [5, 5.41) is 2.91. The molecule has 0 saturated heterocycles. The Balaban J connectivity index is 2.19. The van der Waals surface area contributed by atoms with Gasteiger partial charge in [0.2, 0.25) is 21.8 Å². The first-order valence-corrected chi connectivity index (χ1v) is 14.4. The Bertz CT molecular complexity index is 1140. The highest BCUT2D eigenvalue weighted by Crippen LogP contribution is 2.22. The van der Waals surface area contributed by atoms with Crippen molar-refractivity contribution in [3.8, 4) is 5.75 Å². The SMILES string of the molecule is COc1ccc(CN(C(=O)CCCN(c2cc(C)cc(C)c2)S(C)(=O)=O)[C@H](C)C(=O)NCC(C)C)cc1. The zero-order valence-corrected chi connectivity index (χ0v) is 23.9. The fourth-order valence-corrected chi connectivity index (χ4v) is 5.01. The van der Waals surface area contributed by atoms with Gasteiger partial charge in [-0.15, -0.1) is 0 Å². The molecule has 1 N–H and O–H groups in total. The van der Waals surface area contributed by atoms with Crippen molar-refractivity contribution in [2.45, 2.75) is 60.0 Å².